The Morgan fingerprint density at radius 3 is 2.54 bits per heavy atom. The summed E-state index contributed by atoms with van der Waals surface area (Å²) in [4.78, 5) is 24.8. The first kappa shape index (κ1) is 19.2. The number of anilines is 1. The topological polar surface area (TPSA) is 76.7 Å². The first-order valence-corrected chi connectivity index (χ1v) is 7.93. The van der Waals surface area contributed by atoms with Crippen LogP contribution in [0.15, 0.2) is 36.4 Å². The van der Waals surface area contributed by atoms with Crippen molar-refractivity contribution in [2.75, 3.05) is 26.1 Å². The highest BCUT2D eigenvalue weighted by Gasteiger charge is 2.17. The predicted molar refractivity (Wildman–Crippen MR) is 100 cm³/mol. The second-order valence-electron chi connectivity index (χ2n) is 5.08. The largest absolute Gasteiger partial charge is 0.493 e. The van der Waals surface area contributed by atoms with Crippen LogP contribution >= 0.6 is 11.6 Å². The molecular weight excluding hydrogens is 356 g/mol. The van der Waals surface area contributed by atoms with Crippen LogP contribution in [0.1, 0.15) is 20.7 Å². The number of hydrogen-bond acceptors (Lipinski definition) is 4. The normalized spacial score (nSPS) is 9.77. The van der Waals surface area contributed by atoms with Crippen molar-refractivity contribution in [2.45, 2.75) is 0 Å². The molecule has 0 radical (unpaired) electrons. The van der Waals surface area contributed by atoms with Crippen molar-refractivity contribution in [1.29, 1.82) is 0 Å². The van der Waals surface area contributed by atoms with Crippen LogP contribution in [0.4, 0.5) is 5.69 Å². The van der Waals surface area contributed by atoms with Gasteiger partial charge >= 0.3 is 0 Å². The van der Waals surface area contributed by atoms with Crippen LogP contribution in [0.2, 0.25) is 5.02 Å². The van der Waals surface area contributed by atoms with E-state index in [9.17, 15) is 9.59 Å². The zero-order valence-corrected chi connectivity index (χ0v) is 15.0. The molecule has 0 heterocycles. The molecule has 7 heteroatoms. The fourth-order valence-corrected chi connectivity index (χ4v) is 2.55. The first-order valence-electron chi connectivity index (χ1n) is 7.55. The number of carbonyl (C=O) groups is 2. The summed E-state index contributed by atoms with van der Waals surface area (Å²) < 4.78 is 10.3. The van der Waals surface area contributed by atoms with Gasteiger partial charge in [-0.15, -0.1) is 6.42 Å². The van der Waals surface area contributed by atoms with E-state index in [1.165, 1.54) is 26.4 Å². The third-order valence-electron chi connectivity index (χ3n) is 3.47. The maximum Gasteiger partial charge on any atom is 0.255 e. The molecule has 0 unspecified atom stereocenters. The predicted octanol–water partition coefficient (Wildman–Crippen LogP) is 2.97. The number of nitrogens with one attached hydrogen (secondary N) is 2. The second-order valence-corrected chi connectivity index (χ2v) is 5.49. The Kier molecular flexibility index (Phi) is 6.48. The summed E-state index contributed by atoms with van der Waals surface area (Å²) >= 11 is 6.13. The highest BCUT2D eigenvalue weighted by Crippen LogP contribution is 2.36. The van der Waals surface area contributed by atoms with Crippen LogP contribution in [0.25, 0.3) is 0 Å². The van der Waals surface area contributed by atoms with E-state index in [0.29, 0.717) is 22.7 Å². The Labute approximate surface area is 156 Å². The summed E-state index contributed by atoms with van der Waals surface area (Å²) in [5, 5.41) is 5.49. The zero-order chi connectivity index (χ0) is 19.1. The summed E-state index contributed by atoms with van der Waals surface area (Å²) in [5.74, 6) is 2.14. The molecular formula is C19H17ClN2O4. The third kappa shape index (κ3) is 4.26. The minimum Gasteiger partial charge on any atom is -0.493 e. The number of para-hydroxylation sites is 1. The monoisotopic (exact) mass is 372 g/mol. The lowest BCUT2D eigenvalue weighted by Gasteiger charge is -2.13. The van der Waals surface area contributed by atoms with E-state index in [-0.39, 0.29) is 23.0 Å². The molecule has 0 saturated heterocycles. The molecule has 0 spiro atoms. The summed E-state index contributed by atoms with van der Waals surface area (Å²) in [7, 11) is 2.90. The lowest BCUT2D eigenvalue weighted by Crippen LogP contribution is -2.25. The number of carbonyl (C=O) groups excluding carboxylic acids is 2. The maximum absolute atomic E-state index is 12.6. The average Bonchev–Trinajstić information content (AvgIpc) is 2.65. The van der Waals surface area contributed by atoms with Gasteiger partial charge in [-0.3, -0.25) is 9.59 Å². The number of terminal acetylenes is 1. The van der Waals surface area contributed by atoms with Crippen molar-refractivity contribution < 1.29 is 19.1 Å². The molecule has 6 nitrogen and oxygen atoms in total. The van der Waals surface area contributed by atoms with E-state index in [0.717, 1.165) is 0 Å². The Morgan fingerprint density at radius 2 is 1.88 bits per heavy atom. The number of amides is 2. The van der Waals surface area contributed by atoms with Crippen LogP contribution in [0.5, 0.6) is 11.5 Å². The smallest absolute Gasteiger partial charge is 0.255 e. The van der Waals surface area contributed by atoms with Crippen LogP contribution in [-0.2, 0) is 0 Å². The minimum absolute atomic E-state index is 0.0897. The number of hydrogen-bond donors (Lipinski definition) is 2. The molecule has 0 bridgehead atoms. The van der Waals surface area contributed by atoms with Gasteiger partial charge in [-0.05, 0) is 24.3 Å². The molecule has 0 aliphatic heterocycles. The van der Waals surface area contributed by atoms with Gasteiger partial charge < -0.3 is 20.1 Å². The van der Waals surface area contributed by atoms with Gasteiger partial charge in [0.2, 0.25) is 0 Å². The number of rotatable bonds is 6. The van der Waals surface area contributed by atoms with Crippen molar-refractivity contribution >= 4 is 29.1 Å². The zero-order valence-electron chi connectivity index (χ0n) is 14.3. The van der Waals surface area contributed by atoms with E-state index in [1.54, 1.807) is 24.3 Å². The van der Waals surface area contributed by atoms with E-state index in [4.69, 9.17) is 27.5 Å². The molecule has 2 N–H and O–H groups in total. The van der Waals surface area contributed by atoms with Gasteiger partial charge in [0.25, 0.3) is 11.8 Å². The van der Waals surface area contributed by atoms with Crippen LogP contribution in [-0.4, -0.2) is 32.6 Å². The summed E-state index contributed by atoms with van der Waals surface area (Å²) in [6.07, 6.45) is 5.15. The molecule has 2 aromatic carbocycles. The van der Waals surface area contributed by atoms with Crippen LogP contribution in [0, 0.1) is 12.3 Å². The standard InChI is InChI=1S/C19H17ClN2O4/c1-4-9-21-19(24)13-7-5-6-8-15(13)22-18(23)12-10-14(20)17(26-3)16(11-12)25-2/h1,5-8,10-11H,9H2,2-3H3,(H,21,24)(H,22,23). The number of methoxy groups -OCH3 is 2. The highest BCUT2D eigenvalue weighted by atomic mass is 35.5. The highest BCUT2D eigenvalue weighted by molar-refractivity contribution is 6.32. The third-order valence-corrected chi connectivity index (χ3v) is 3.75. The summed E-state index contributed by atoms with van der Waals surface area (Å²) in [6, 6.07) is 9.55. The van der Waals surface area contributed by atoms with E-state index in [1.807, 2.05) is 0 Å². The maximum atomic E-state index is 12.6. The molecule has 2 amide bonds. The Morgan fingerprint density at radius 1 is 1.15 bits per heavy atom. The molecule has 0 aromatic heterocycles. The van der Waals surface area contributed by atoms with Gasteiger partial charge in [0.05, 0.1) is 37.0 Å². The lowest BCUT2D eigenvalue weighted by atomic mass is 10.1. The molecule has 26 heavy (non-hydrogen) atoms. The fraction of sp³-hybridized carbons (Fsp3) is 0.158. The van der Waals surface area contributed by atoms with Crippen molar-refractivity contribution in [3.8, 4) is 23.8 Å². The molecule has 0 aliphatic carbocycles. The van der Waals surface area contributed by atoms with Gasteiger partial charge in [0.15, 0.2) is 11.5 Å². The van der Waals surface area contributed by atoms with Crippen molar-refractivity contribution in [3.05, 3.63) is 52.5 Å². The van der Waals surface area contributed by atoms with Gasteiger partial charge in [-0.2, -0.15) is 0 Å². The molecule has 0 atom stereocenters. The Balaban J connectivity index is 2.30. The molecule has 0 aliphatic rings. The summed E-state index contributed by atoms with van der Waals surface area (Å²) in [6.45, 7) is 0.0897. The van der Waals surface area contributed by atoms with Gasteiger partial charge in [-0.1, -0.05) is 29.7 Å². The summed E-state index contributed by atoms with van der Waals surface area (Å²) in [5.41, 5.74) is 0.895. The molecule has 0 saturated carbocycles. The average molecular weight is 373 g/mol. The number of ether oxygens (including phenoxy) is 2. The minimum atomic E-state index is -0.454. The molecule has 2 rings (SSSR count). The first-order chi connectivity index (χ1) is 12.5. The lowest BCUT2D eigenvalue weighted by molar-refractivity contribution is 0.0959. The van der Waals surface area contributed by atoms with E-state index in [2.05, 4.69) is 16.6 Å². The van der Waals surface area contributed by atoms with Gasteiger partial charge in [-0.25, -0.2) is 0 Å². The fourth-order valence-electron chi connectivity index (χ4n) is 2.26. The molecule has 2 aromatic rings. The van der Waals surface area contributed by atoms with Crippen LogP contribution < -0.4 is 20.1 Å². The molecule has 134 valence electrons. The SMILES string of the molecule is C#CCNC(=O)c1ccccc1NC(=O)c1cc(Cl)c(OC)c(OC)c1. The van der Waals surface area contributed by atoms with Gasteiger partial charge in [0, 0.05) is 5.56 Å². The quantitative estimate of drug-likeness (QED) is 0.764. The Bertz CT molecular complexity index is 874. The van der Waals surface area contributed by atoms with Gasteiger partial charge in [0.1, 0.15) is 0 Å². The van der Waals surface area contributed by atoms with Crippen molar-refractivity contribution in [2.24, 2.45) is 0 Å². The van der Waals surface area contributed by atoms with Crippen molar-refractivity contribution in [1.82, 2.24) is 5.32 Å². The number of benzene rings is 2. The van der Waals surface area contributed by atoms with E-state index < -0.39 is 5.91 Å². The second kappa shape index (κ2) is 8.79. The van der Waals surface area contributed by atoms with Crippen LogP contribution in [0.3, 0.4) is 0 Å². The number of halogens is 1. The van der Waals surface area contributed by atoms with Crippen molar-refractivity contribution in [3.63, 3.8) is 0 Å². The van der Waals surface area contributed by atoms with E-state index >= 15 is 0 Å². The Hall–Kier alpha value is -3.17. The molecule has 0 fully saturated rings.